The summed E-state index contributed by atoms with van der Waals surface area (Å²) in [7, 11) is -2.25. The van der Waals surface area contributed by atoms with Gasteiger partial charge in [0.2, 0.25) is 21.8 Å². The topological polar surface area (TPSA) is 86.8 Å². The molecule has 1 unspecified atom stereocenters. The molecule has 168 valence electrons. The van der Waals surface area contributed by atoms with Crippen LogP contribution in [0, 0.1) is 0 Å². The van der Waals surface area contributed by atoms with E-state index in [0.29, 0.717) is 23.6 Å². The molecule has 0 aliphatic heterocycles. The van der Waals surface area contributed by atoms with Crippen molar-refractivity contribution in [2.45, 2.75) is 25.8 Å². The average molecular weight is 466 g/mol. The van der Waals surface area contributed by atoms with Crippen molar-refractivity contribution in [3.05, 3.63) is 65.2 Å². The molecule has 0 saturated heterocycles. The second-order valence-corrected chi connectivity index (χ2v) is 9.45. The summed E-state index contributed by atoms with van der Waals surface area (Å²) in [5.41, 5.74) is 1.31. The van der Waals surface area contributed by atoms with Crippen molar-refractivity contribution in [2.75, 3.05) is 30.7 Å². The van der Waals surface area contributed by atoms with E-state index in [1.165, 1.54) is 18.0 Å². The van der Waals surface area contributed by atoms with E-state index in [0.717, 1.165) is 16.1 Å². The lowest BCUT2D eigenvalue weighted by atomic mass is 10.1. The van der Waals surface area contributed by atoms with E-state index in [-0.39, 0.29) is 12.5 Å². The van der Waals surface area contributed by atoms with Gasteiger partial charge in [-0.15, -0.1) is 0 Å². The SMILES string of the molecule is CCC(C(=O)NC)N(CCc1ccccc1)C(=O)CN(c1cccc(Cl)c1)S(C)(=O)=O. The standard InChI is InChI=1S/C22H28ClN3O4S/c1-4-20(22(28)24-2)25(14-13-17-9-6-5-7-10-17)21(27)16-26(31(3,29)30)19-12-8-11-18(23)15-19/h5-12,15,20H,4,13-14,16H2,1-3H3,(H,24,28). The van der Waals surface area contributed by atoms with Crippen molar-refractivity contribution >= 4 is 39.1 Å². The lowest BCUT2D eigenvalue weighted by molar-refractivity contribution is -0.139. The molecule has 2 rings (SSSR count). The summed E-state index contributed by atoms with van der Waals surface area (Å²) in [5.74, 6) is -0.755. The summed E-state index contributed by atoms with van der Waals surface area (Å²) < 4.78 is 25.9. The molecule has 1 atom stereocenters. The number of amides is 2. The van der Waals surface area contributed by atoms with Crippen LogP contribution in [0.3, 0.4) is 0 Å². The molecule has 7 nitrogen and oxygen atoms in total. The summed E-state index contributed by atoms with van der Waals surface area (Å²) >= 11 is 6.02. The van der Waals surface area contributed by atoms with Crippen LogP contribution >= 0.6 is 11.6 Å². The predicted molar refractivity (Wildman–Crippen MR) is 124 cm³/mol. The van der Waals surface area contributed by atoms with Gasteiger partial charge in [-0.3, -0.25) is 13.9 Å². The number of hydrogen-bond acceptors (Lipinski definition) is 4. The number of nitrogens with one attached hydrogen (secondary N) is 1. The van der Waals surface area contributed by atoms with Gasteiger partial charge in [-0.1, -0.05) is 54.9 Å². The van der Waals surface area contributed by atoms with E-state index < -0.39 is 28.5 Å². The Bertz CT molecular complexity index is 999. The van der Waals surface area contributed by atoms with Crippen LogP contribution in [0.5, 0.6) is 0 Å². The third kappa shape index (κ3) is 6.97. The van der Waals surface area contributed by atoms with Gasteiger partial charge in [0.1, 0.15) is 12.6 Å². The lowest BCUT2D eigenvalue weighted by Crippen LogP contribution is -2.52. The average Bonchev–Trinajstić information content (AvgIpc) is 2.74. The quantitative estimate of drug-likeness (QED) is 0.584. The summed E-state index contributed by atoms with van der Waals surface area (Å²) in [5, 5.41) is 2.95. The van der Waals surface area contributed by atoms with Gasteiger partial charge >= 0.3 is 0 Å². The number of anilines is 1. The molecular weight excluding hydrogens is 438 g/mol. The van der Waals surface area contributed by atoms with Gasteiger partial charge in [0.15, 0.2) is 0 Å². The number of rotatable bonds is 10. The number of sulfonamides is 1. The van der Waals surface area contributed by atoms with E-state index in [1.807, 2.05) is 37.3 Å². The van der Waals surface area contributed by atoms with Gasteiger partial charge in [0.25, 0.3) is 0 Å². The first kappa shape index (κ1) is 24.7. The number of carbonyl (C=O) groups is 2. The fraction of sp³-hybridized carbons (Fsp3) is 0.364. The van der Waals surface area contributed by atoms with Crippen molar-refractivity contribution in [1.29, 1.82) is 0 Å². The monoisotopic (exact) mass is 465 g/mol. The van der Waals surface area contributed by atoms with E-state index in [2.05, 4.69) is 5.32 Å². The zero-order valence-corrected chi connectivity index (χ0v) is 19.5. The van der Waals surface area contributed by atoms with Crippen LogP contribution in [0.4, 0.5) is 5.69 Å². The molecule has 0 spiro atoms. The number of halogens is 1. The molecule has 0 fully saturated rings. The van der Waals surface area contributed by atoms with Crippen LogP contribution in [0.25, 0.3) is 0 Å². The second kappa shape index (κ2) is 11.2. The maximum atomic E-state index is 13.3. The highest BCUT2D eigenvalue weighted by atomic mass is 35.5. The molecule has 0 heterocycles. The Morgan fingerprint density at radius 3 is 2.32 bits per heavy atom. The van der Waals surface area contributed by atoms with Gasteiger partial charge in [0.05, 0.1) is 11.9 Å². The van der Waals surface area contributed by atoms with Gasteiger partial charge < -0.3 is 10.2 Å². The molecule has 0 aliphatic rings. The predicted octanol–water partition coefficient (Wildman–Crippen LogP) is 2.70. The molecule has 2 amide bonds. The third-order valence-corrected chi connectivity index (χ3v) is 6.27. The fourth-order valence-electron chi connectivity index (χ4n) is 3.31. The minimum Gasteiger partial charge on any atom is -0.357 e. The molecule has 0 saturated carbocycles. The molecule has 31 heavy (non-hydrogen) atoms. The molecule has 0 aromatic heterocycles. The Balaban J connectivity index is 2.33. The highest BCUT2D eigenvalue weighted by Gasteiger charge is 2.31. The maximum Gasteiger partial charge on any atom is 0.244 e. The van der Waals surface area contributed by atoms with Crippen LogP contribution < -0.4 is 9.62 Å². The van der Waals surface area contributed by atoms with E-state index in [4.69, 9.17) is 11.6 Å². The van der Waals surface area contributed by atoms with Crippen LogP contribution in [0.1, 0.15) is 18.9 Å². The van der Waals surface area contributed by atoms with Crippen LogP contribution in [-0.4, -0.2) is 57.6 Å². The van der Waals surface area contributed by atoms with E-state index in [9.17, 15) is 18.0 Å². The van der Waals surface area contributed by atoms with Crippen LogP contribution in [-0.2, 0) is 26.0 Å². The third-order valence-electron chi connectivity index (χ3n) is 4.89. The molecule has 0 aliphatic carbocycles. The van der Waals surface area contributed by atoms with Gasteiger partial charge in [-0.05, 0) is 36.6 Å². The van der Waals surface area contributed by atoms with Crippen molar-refractivity contribution in [3.63, 3.8) is 0 Å². The highest BCUT2D eigenvalue weighted by Crippen LogP contribution is 2.22. The van der Waals surface area contributed by atoms with Crippen molar-refractivity contribution < 1.29 is 18.0 Å². The van der Waals surface area contributed by atoms with Gasteiger partial charge in [-0.2, -0.15) is 0 Å². The summed E-state index contributed by atoms with van der Waals surface area (Å²) in [6, 6.07) is 15.2. The molecular formula is C22H28ClN3O4S. The number of hydrogen-bond donors (Lipinski definition) is 1. The first-order valence-electron chi connectivity index (χ1n) is 9.95. The molecule has 0 bridgehead atoms. The number of likely N-dealkylation sites (N-methyl/N-ethyl adjacent to an activating group) is 1. The van der Waals surface area contributed by atoms with E-state index in [1.54, 1.807) is 18.2 Å². The molecule has 9 heteroatoms. The smallest absolute Gasteiger partial charge is 0.244 e. The summed E-state index contributed by atoms with van der Waals surface area (Å²) in [6.45, 7) is 1.66. The van der Waals surface area contributed by atoms with E-state index >= 15 is 0 Å². The Hall–Kier alpha value is -2.58. The largest absolute Gasteiger partial charge is 0.357 e. The number of carbonyl (C=O) groups excluding carboxylic acids is 2. The maximum absolute atomic E-state index is 13.3. The number of nitrogens with zero attached hydrogens (tertiary/aromatic N) is 2. The highest BCUT2D eigenvalue weighted by molar-refractivity contribution is 7.92. The minimum atomic E-state index is -3.76. The Labute approximate surface area is 189 Å². The Morgan fingerprint density at radius 1 is 1.10 bits per heavy atom. The summed E-state index contributed by atoms with van der Waals surface area (Å²) in [6.07, 6.45) is 1.97. The van der Waals surface area contributed by atoms with Crippen molar-refractivity contribution in [2.24, 2.45) is 0 Å². The van der Waals surface area contributed by atoms with Gasteiger partial charge in [-0.25, -0.2) is 8.42 Å². The first-order valence-corrected chi connectivity index (χ1v) is 12.2. The lowest BCUT2D eigenvalue weighted by Gasteiger charge is -2.32. The normalized spacial score (nSPS) is 12.1. The van der Waals surface area contributed by atoms with Gasteiger partial charge in [0, 0.05) is 18.6 Å². The molecule has 2 aromatic rings. The Morgan fingerprint density at radius 2 is 1.77 bits per heavy atom. The second-order valence-electron chi connectivity index (χ2n) is 7.11. The van der Waals surface area contributed by atoms with Crippen LogP contribution in [0.2, 0.25) is 5.02 Å². The summed E-state index contributed by atoms with van der Waals surface area (Å²) in [4.78, 5) is 27.2. The Kier molecular flexibility index (Phi) is 8.88. The zero-order valence-electron chi connectivity index (χ0n) is 17.9. The zero-order chi connectivity index (χ0) is 23.0. The minimum absolute atomic E-state index is 0.280. The first-order chi connectivity index (χ1) is 14.7. The van der Waals surface area contributed by atoms with Crippen molar-refractivity contribution in [1.82, 2.24) is 10.2 Å². The molecule has 0 radical (unpaired) electrons. The fourth-order valence-corrected chi connectivity index (χ4v) is 4.33. The molecule has 1 N–H and O–H groups in total. The van der Waals surface area contributed by atoms with Crippen molar-refractivity contribution in [3.8, 4) is 0 Å². The molecule has 2 aromatic carbocycles. The van der Waals surface area contributed by atoms with Crippen LogP contribution in [0.15, 0.2) is 54.6 Å². The number of benzene rings is 2.